The van der Waals surface area contributed by atoms with Crippen LogP contribution in [0.4, 0.5) is 21.5 Å². The lowest BCUT2D eigenvalue weighted by atomic mass is 9.87. The maximum atomic E-state index is 14.7. The van der Waals surface area contributed by atoms with E-state index in [-0.39, 0.29) is 22.6 Å². The van der Waals surface area contributed by atoms with Crippen molar-refractivity contribution in [3.8, 4) is 0 Å². The standard InChI is InChI=1S/C26H24FN3O/c1-26(2,3)19-8-11-20(12-9-19)30-25(31)22-5-4-6-23(27)24(22)29-21-10-7-17-13-14-28-16-18(17)15-21/h4-16,29H,1-3H3,(H,30,31). The number of pyridine rings is 1. The van der Waals surface area contributed by atoms with Crippen LogP contribution in [0.5, 0.6) is 0 Å². The number of nitrogens with zero attached hydrogens (tertiary/aromatic N) is 1. The largest absolute Gasteiger partial charge is 0.352 e. The summed E-state index contributed by atoms with van der Waals surface area (Å²) in [5, 5.41) is 7.89. The Kier molecular flexibility index (Phi) is 5.42. The van der Waals surface area contributed by atoms with E-state index in [1.54, 1.807) is 18.5 Å². The molecule has 1 heterocycles. The number of aromatic nitrogens is 1. The van der Waals surface area contributed by atoms with Crippen molar-refractivity contribution < 1.29 is 9.18 Å². The Hall–Kier alpha value is -3.73. The van der Waals surface area contributed by atoms with Gasteiger partial charge in [-0.1, -0.05) is 45.0 Å². The lowest BCUT2D eigenvalue weighted by Gasteiger charge is -2.19. The first-order valence-corrected chi connectivity index (χ1v) is 10.1. The minimum atomic E-state index is -0.498. The van der Waals surface area contributed by atoms with Crippen molar-refractivity contribution in [3.63, 3.8) is 0 Å². The van der Waals surface area contributed by atoms with Gasteiger partial charge in [-0.3, -0.25) is 9.78 Å². The molecule has 0 aliphatic rings. The Balaban J connectivity index is 1.60. The monoisotopic (exact) mass is 413 g/mol. The van der Waals surface area contributed by atoms with Crippen LogP contribution < -0.4 is 10.6 Å². The van der Waals surface area contributed by atoms with Crippen molar-refractivity contribution in [2.45, 2.75) is 26.2 Å². The molecule has 0 saturated heterocycles. The van der Waals surface area contributed by atoms with Crippen LogP contribution in [0.3, 0.4) is 0 Å². The number of carbonyl (C=O) groups is 1. The van der Waals surface area contributed by atoms with E-state index >= 15 is 0 Å². The number of carbonyl (C=O) groups excluding carboxylic acids is 1. The van der Waals surface area contributed by atoms with E-state index in [0.717, 1.165) is 10.8 Å². The highest BCUT2D eigenvalue weighted by atomic mass is 19.1. The third-order valence-electron chi connectivity index (χ3n) is 5.18. The number of para-hydroxylation sites is 1. The van der Waals surface area contributed by atoms with Crippen molar-refractivity contribution >= 4 is 33.7 Å². The van der Waals surface area contributed by atoms with Gasteiger partial charge in [0.15, 0.2) is 0 Å². The first kappa shape index (κ1) is 20.5. The molecule has 0 fully saturated rings. The molecule has 1 amide bonds. The summed E-state index contributed by atoms with van der Waals surface area (Å²) in [5.41, 5.74) is 2.89. The minimum Gasteiger partial charge on any atom is -0.352 e. The fourth-order valence-electron chi connectivity index (χ4n) is 3.40. The number of nitrogens with one attached hydrogen (secondary N) is 2. The van der Waals surface area contributed by atoms with E-state index in [0.29, 0.717) is 11.4 Å². The van der Waals surface area contributed by atoms with E-state index in [2.05, 4.69) is 36.4 Å². The molecule has 4 nitrogen and oxygen atoms in total. The number of amides is 1. The van der Waals surface area contributed by atoms with Crippen molar-refractivity contribution in [1.29, 1.82) is 0 Å². The zero-order valence-electron chi connectivity index (χ0n) is 17.7. The van der Waals surface area contributed by atoms with Gasteiger partial charge in [0, 0.05) is 29.2 Å². The van der Waals surface area contributed by atoms with Crippen LogP contribution >= 0.6 is 0 Å². The summed E-state index contributed by atoms with van der Waals surface area (Å²) < 4.78 is 14.7. The molecule has 0 aliphatic carbocycles. The maximum Gasteiger partial charge on any atom is 0.257 e. The number of benzene rings is 3. The van der Waals surface area contributed by atoms with Gasteiger partial charge >= 0.3 is 0 Å². The average Bonchev–Trinajstić information content (AvgIpc) is 2.75. The van der Waals surface area contributed by atoms with Crippen molar-refractivity contribution in [2.75, 3.05) is 10.6 Å². The Morgan fingerprint density at radius 3 is 2.39 bits per heavy atom. The molecule has 0 saturated carbocycles. The highest BCUT2D eigenvalue weighted by Crippen LogP contribution is 2.28. The number of anilines is 3. The summed E-state index contributed by atoms with van der Waals surface area (Å²) in [6.45, 7) is 6.40. The highest BCUT2D eigenvalue weighted by molar-refractivity contribution is 6.08. The predicted octanol–water partition coefficient (Wildman–Crippen LogP) is 6.67. The lowest BCUT2D eigenvalue weighted by molar-refractivity contribution is 0.102. The van der Waals surface area contributed by atoms with Crippen LogP contribution in [-0.2, 0) is 5.41 Å². The van der Waals surface area contributed by atoms with E-state index in [1.807, 2.05) is 48.5 Å². The molecule has 0 bridgehead atoms. The number of halogens is 1. The lowest BCUT2D eigenvalue weighted by Crippen LogP contribution is -2.15. The topological polar surface area (TPSA) is 54.0 Å². The van der Waals surface area contributed by atoms with Crippen LogP contribution in [0.25, 0.3) is 10.8 Å². The van der Waals surface area contributed by atoms with Gasteiger partial charge in [0.05, 0.1) is 11.3 Å². The fourth-order valence-corrected chi connectivity index (χ4v) is 3.40. The summed E-state index contributed by atoms with van der Waals surface area (Å²) in [4.78, 5) is 17.1. The normalized spacial score (nSPS) is 11.4. The Morgan fingerprint density at radius 1 is 0.903 bits per heavy atom. The molecule has 0 unspecified atom stereocenters. The van der Waals surface area contributed by atoms with E-state index in [1.165, 1.54) is 17.7 Å². The molecular formula is C26H24FN3O. The SMILES string of the molecule is CC(C)(C)c1ccc(NC(=O)c2cccc(F)c2Nc2ccc3ccncc3c2)cc1. The average molecular weight is 413 g/mol. The van der Waals surface area contributed by atoms with Crippen LogP contribution in [0, 0.1) is 5.82 Å². The predicted molar refractivity (Wildman–Crippen MR) is 125 cm³/mol. The van der Waals surface area contributed by atoms with Gasteiger partial charge in [0.2, 0.25) is 0 Å². The molecule has 4 rings (SSSR count). The molecule has 5 heteroatoms. The molecule has 4 aromatic rings. The zero-order valence-corrected chi connectivity index (χ0v) is 17.7. The quantitative estimate of drug-likeness (QED) is 0.393. The molecule has 156 valence electrons. The molecule has 3 aromatic carbocycles. The molecule has 31 heavy (non-hydrogen) atoms. The van der Waals surface area contributed by atoms with Crippen LogP contribution in [-0.4, -0.2) is 10.9 Å². The number of rotatable bonds is 4. The third-order valence-corrected chi connectivity index (χ3v) is 5.18. The van der Waals surface area contributed by atoms with Gasteiger partial charge in [0.25, 0.3) is 5.91 Å². The molecule has 1 aromatic heterocycles. The molecule has 0 atom stereocenters. The first-order chi connectivity index (χ1) is 14.8. The van der Waals surface area contributed by atoms with Gasteiger partial charge < -0.3 is 10.6 Å². The summed E-state index contributed by atoms with van der Waals surface area (Å²) in [5.74, 6) is -0.880. The van der Waals surface area contributed by atoms with Gasteiger partial charge in [0.1, 0.15) is 5.82 Å². The summed E-state index contributed by atoms with van der Waals surface area (Å²) in [6.07, 6.45) is 3.47. The van der Waals surface area contributed by atoms with Crippen LogP contribution in [0.1, 0.15) is 36.7 Å². The molecule has 2 N–H and O–H groups in total. The molecule has 0 spiro atoms. The van der Waals surface area contributed by atoms with Crippen molar-refractivity contribution in [3.05, 3.63) is 96.1 Å². The Labute approximate surface area is 181 Å². The van der Waals surface area contributed by atoms with E-state index in [4.69, 9.17) is 0 Å². The second-order valence-corrected chi connectivity index (χ2v) is 8.51. The zero-order chi connectivity index (χ0) is 22.0. The summed E-state index contributed by atoms with van der Waals surface area (Å²) in [7, 11) is 0. The highest BCUT2D eigenvalue weighted by Gasteiger charge is 2.17. The van der Waals surface area contributed by atoms with Gasteiger partial charge in [-0.2, -0.15) is 0 Å². The molecular weight excluding hydrogens is 389 g/mol. The van der Waals surface area contributed by atoms with E-state index in [9.17, 15) is 9.18 Å². The first-order valence-electron chi connectivity index (χ1n) is 10.1. The fraction of sp³-hybridized carbons (Fsp3) is 0.154. The molecule has 0 aliphatic heterocycles. The van der Waals surface area contributed by atoms with Crippen molar-refractivity contribution in [2.24, 2.45) is 0 Å². The Bertz CT molecular complexity index is 1240. The second-order valence-electron chi connectivity index (χ2n) is 8.51. The molecule has 0 radical (unpaired) electrons. The maximum absolute atomic E-state index is 14.7. The number of hydrogen-bond acceptors (Lipinski definition) is 3. The van der Waals surface area contributed by atoms with Gasteiger partial charge in [-0.15, -0.1) is 0 Å². The van der Waals surface area contributed by atoms with Crippen LogP contribution in [0.2, 0.25) is 0 Å². The smallest absolute Gasteiger partial charge is 0.257 e. The van der Waals surface area contributed by atoms with Gasteiger partial charge in [-0.05, 0) is 58.8 Å². The van der Waals surface area contributed by atoms with Crippen molar-refractivity contribution in [1.82, 2.24) is 4.98 Å². The van der Waals surface area contributed by atoms with E-state index < -0.39 is 5.82 Å². The summed E-state index contributed by atoms with van der Waals surface area (Å²) in [6, 6.07) is 19.7. The third kappa shape index (κ3) is 4.56. The second kappa shape index (κ2) is 8.19. The van der Waals surface area contributed by atoms with Crippen LogP contribution in [0.15, 0.2) is 79.1 Å². The Morgan fingerprint density at radius 2 is 1.65 bits per heavy atom. The minimum absolute atomic E-state index is 0.0254. The van der Waals surface area contributed by atoms with Gasteiger partial charge in [-0.25, -0.2) is 4.39 Å². The number of fused-ring (bicyclic) bond motifs is 1. The summed E-state index contributed by atoms with van der Waals surface area (Å²) >= 11 is 0. The number of hydrogen-bond donors (Lipinski definition) is 2.